The molecule has 0 heterocycles. The van der Waals surface area contributed by atoms with E-state index >= 15 is 0 Å². The average molecular weight is 340 g/mol. The Balaban J connectivity index is 2.10. The normalized spacial score (nSPS) is 11.1. The minimum atomic E-state index is -0.258. The van der Waals surface area contributed by atoms with Gasteiger partial charge in [-0.05, 0) is 68.1 Å². The Kier molecular flexibility index (Phi) is 6.45. The molecule has 2 aromatic rings. The highest BCUT2D eigenvalue weighted by atomic mass is 19.1. The van der Waals surface area contributed by atoms with Crippen LogP contribution in [-0.2, 0) is 6.42 Å². The van der Waals surface area contributed by atoms with Gasteiger partial charge in [-0.3, -0.25) is 4.79 Å². The van der Waals surface area contributed by atoms with E-state index in [0.29, 0.717) is 12.8 Å². The number of benzene rings is 2. The van der Waals surface area contributed by atoms with Crippen LogP contribution in [0.15, 0.2) is 41.4 Å². The van der Waals surface area contributed by atoms with Gasteiger partial charge in [0.25, 0.3) is 0 Å². The van der Waals surface area contributed by atoms with Crippen molar-refractivity contribution in [1.82, 2.24) is 4.90 Å². The molecule has 0 radical (unpaired) electrons. The molecule has 0 bridgehead atoms. The molecule has 2 rings (SSSR count). The third-order valence-electron chi connectivity index (χ3n) is 4.29. The number of ketones is 1. The lowest BCUT2D eigenvalue weighted by Gasteiger charge is -2.11. The molecule has 0 aliphatic rings. The van der Waals surface area contributed by atoms with Crippen LogP contribution in [0.1, 0.15) is 40.4 Å². The molecule has 0 unspecified atom stereocenters. The second-order valence-electron chi connectivity index (χ2n) is 6.32. The van der Waals surface area contributed by atoms with Crippen molar-refractivity contribution in [3.63, 3.8) is 0 Å². The number of nitrogens with zero attached hydrogens (tertiary/aromatic N) is 2. The zero-order valence-corrected chi connectivity index (χ0v) is 15.3. The minimum absolute atomic E-state index is 0.103. The summed E-state index contributed by atoms with van der Waals surface area (Å²) in [4.78, 5) is 19.1. The standard InChI is InChI=1S/C21H25FN2O/c1-5-24(4)14-23-20-13-15(2)19(12-16(20)3)21(25)11-8-17-6-9-18(22)10-7-17/h6-7,9-10,12-14H,5,8,11H2,1-4H3. The summed E-state index contributed by atoms with van der Waals surface area (Å²) in [5.41, 5.74) is 4.50. The number of hydrogen-bond acceptors (Lipinski definition) is 2. The van der Waals surface area contributed by atoms with Gasteiger partial charge in [-0.15, -0.1) is 0 Å². The summed E-state index contributed by atoms with van der Waals surface area (Å²) in [7, 11) is 1.97. The fourth-order valence-corrected chi connectivity index (χ4v) is 2.53. The number of aryl methyl sites for hydroxylation is 3. The van der Waals surface area contributed by atoms with E-state index in [4.69, 9.17) is 0 Å². The van der Waals surface area contributed by atoms with Crippen molar-refractivity contribution in [2.45, 2.75) is 33.6 Å². The summed E-state index contributed by atoms with van der Waals surface area (Å²) in [6, 6.07) is 10.2. The predicted molar refractivity (Wildman–Crippen MR) is 101 cm³/mol. The summed E-state index contributed by atoms with van der Waals surface area (Å²) in [5, 5.41) is 0. The molecule has 0 spiro atoms. The Hall–Kier alpha value is -2.49. The molecule has 0 aromatic heterocycles. The molecule has 3 nitrogen and oxygen atoms in total. The van der Waals surface area contributed by atoms with Crippen molar-refractivity contribution >= 4 is 17.8 Å². The van der Waals surface area contributed by atoms with Gasteiger partial charge in [0.2, 0.25) is 0 Å². The average Bonchev–Trinajstić information content (AvgIpc) is 2.61. The fraction of sp³-hybridized carbons (Fsp3) is 0.333. The smallest absolute Gasteiger partial charge is 0.163 e. The second kappa shape index (κ2) is 8.56. The topological polar surface area (TPSA) is 32.7 Å². The largest absolute Gasteiger partial charge is 0.366 e. The third kappa shape index (κ3) is 5.24. The highest BCUT2D eigenvalue weighted by Gasteiger charge is 2.12. The van der Waals surface area contributed by atoms with Crippen LogP contribution >= 0.6 is 0 Å². The number of rotatable bonds is 7. The molecule has 4 heteroatoms. The van der Waals surface area contributed by atoms with Crippen molar-refractivity contribution in [3.05, 3.63) is 64.5 Å². The van der Waals surface area contributed by atoms with Gasteiger partial charge in [0, 0.05) is 25.6 Å². The van der Waals surface area contributed by atoms with E-state index in [1.54, 1.807) is 18.5 Å². The lowest BCUT2D eigenvalue weighted by molar-refractivity contribution is 0.0982. The molecule has 25 heavy (non-hydrogen) atoms. The minimum Gasteiger partial charge on any atom is -0.366 e. The van der Waals surface area contributed by atoms with Crippen LogP contribution in [0.2, 0.25) is 0 Å². The van der Waals surface area contributed by atoms with Gasteiger partial charge in [-0.2, -0.15) is 0 Å². The SMILES string of the molecule is CCN(C)C=Nc1cc(C)c(C(=O)CCc2ccc(F)cc2)cc1C. The summed E-state index contributed by atoms with van der Waals surface area (Å²) in [6.45, 7) is 6.86. The summed E-state index contributed by atoms with van der Waals surface area (Å²) in [6.07, 6.45) is 2.82. The van der Waals surface area contributed by atoms with Crippen LogP contribution in [0.5, 0.6) is 0 Å². The maximum Gasteiger partial charge on any atom is 0.163 e. The Morgan fingerprint density at radius 3 is 2.48 bits per heavy atom. The Morgan fingerprint density at radius 1 is 1.16 bits per heavy atom. The zero-order chi connectivity index (χ0) is 18.4. The summed E-state index contributed by atoms with van der Waals surface area (Å²) < 4.78 is 12.9. The molecular formula is C21H25FN2O. The molecule has 0 aliphatic heterocycles. The van der Waals surface area contributed by atoms with Crippen molar-refractivity contribution in [2.24, 2.45) is 4.99 Å². The molecule has 0 saturated heterocycles. The Morgan fingerprint density at radius 2 is 1.84 bits per heavy atom. The number of hydrogen-bond donors (Lipinski definition) is 0. The van der Waals surface area contributed by atoms with Crippen LogP contribution in [-0.4, -0.2) is 30.6 Å². The van der Waals surface area contributed by atoms with Gasteiger partial charge in [0.05, 0.1) is 12.0 Å². The van der Waals surface area contributed by atoms with Crippen LogP contribution < -0.4 is 0 Å². The van der Waals surface area contributed by atoms with E-state index in [1.807, 2.05) is 37.9 Å². The maximum atomic E-state index is 12.9. The Bertz CT molecular complexity index is 766. The lowest BCUT2D eigenvalue weighted by Crippen LogP contribution is -2.14. The second-order valence-corrected chi connectivity index (χ2v) is 6.32. The molecule has 2 aromatic carbocycles. The van der Waals surface area contributed by atoms with Gasteiger partial charge < -0.3 is 4.90 Å². The van der Waals surface area contributed by atoms with Crippen molar-refractivity contribution in [2.75, 3.05) is 13.6 Å². The Labute approximate surface area is 149 Å². The number of aliphatic imine (C=N–C) groups is 1. The number of Topliss-reactive ketones (excluding diaryl/α,β-unsaturated/α-hetero) is 1. The van der Waals surface area contributed by atoms with E-state index in [1.165, 1.54) is 12.1 Å². The van der Waals surface area contributed by atoms with Crippen LogP contribution in [0.4, 0.5) is 10.1 Å². The monoisotopic (exact) mass is 340 g/mol. The van der Waals surface area contributed by atoms with Crippen molar-refractivity contribution in [3.8, 4) is 0 Å². The first-order valence-electron chi connectivity index (χ1n) is 8.54. The quantitative estimate of drug-likeness (QED) is 0.409. The first-order valence-corrected chi connectivity index (χ1v) is 8.54. The van der Waals surface area contributed by atoms with E-state index < -0.39 is 0 Å². The van der Waals surface area contributed by atoms with E-state index in [2.05, 4.69) is 11.9 Å². The van der Waals surface area contributed by atoms with Gasteiger partial charge >= 0.3 is 0 Å². The first kappa shape index (κ1) is 18.8. The van der Waals surface area contributed by atoms with E-state index in [-0.39, 0.29) is 11.6 Å². The molecule has 0 aliphatic carbocycles. The number of halogens is 1. The highest BCUT2D eigenvalue weighted by molar-refractivity contribution is 5.98. The fourth-order valence-electron chi connectivity index (χ4n) is 2.53. The maximum absolute atomic E-state index is 12.9. The van der Waals surface area contributed by atoms with Gasteiger partial charge in [0.15, 0.2) is 5.78 Å². The summed E-state index contributed by atoms with van der Waals surface area (Å²) >= 11 is 0. The molecule has 0 amide bonds. The lowest BCUT2D eigenvalue weighted by atomic mass is 9.96. The predicted octanol–water partition coefficient (Wildman–Crippen LogP) is 4.87. The molecule has 0 fully saturated rings. The van der Waals surface area contributed by atoms with E-state index in [9.17, 15) is 9.18 Å². The van der Waals surface area contributed by atoms with Crippen molar-refractivity contribution < 1.29 is 9.18 Å². The van der Waals surface area contributed by atoms with Gasteiger partial charge in [-0.25, -0.2) is 9.38 Å². The molecule has 0 saturated carbocycles. The van der Waals surface area contributed by atoms with Crippen LogP contribution in [0, 0.1) is 19.7 Å². The first-order chi connectivity index (χ1) is 11.9. The number of carbonyl (C=O) groups excluding carboxylic acids is 1. The van der Waals surface area contributed by atoms with Crippen LogP contribution in [0.25, 0.3) is 0 Å². The van der Waals surface area contributed by atoms with Gasteiger partial charge in [0.1, 0.15) is 5.82 Å². The molecular weight excluding hydrogens is 315 g/mol. The van der Waals surface area contributed by atoms with Crippen LogP contribution in [0.3, 0.4) is 0 Å². The molecule has 0 atom stereocenters. The number of carbonyl (C=O) groups is 1. The van der Waals surface area contributed by atoms with Crippen molar-refractivity contribution in [1.29, 1.82) is 0 Å². The molecule has 132 valence electrons. The third-order valence-corrected chi connectivity index (χ3v) is 4.29. The summed E-state index contributed by atoms with van der Waals surface area (Å²) in [5.74, 6) is -0.155. The highest BCUT2D eigenvalue weighted by Crippen LogP contribution is 2.24. The van der Waals surface area contributed by atoms with E-state index in [0.717, 1.165) is 34.5 Å². The zero-order valence-electron chi connectivity index (χ0n) is 15.3. The van der Waals surface area contributed by atoms with Gasteiger partial charge in [-0.1, -0.05) is 12.1 Å². The molecule has 0 N–H and O–H groups in total.